The van der Waals surface area contributed by atoms with E-state index < -0.39 is 9.84 Å². The SMILES string of the molecule is Cc1ccc(S(=O)(=O)c2nc(C)n3c2CN=C(c2ccccc2Cl)c2cc(Cl)ccc2-3)cc1. The Balaban J connectivity index is 1.77. The van der Waals surface area contributed by atoms with Crippen LogP contribution in [0.1, 0.15) is 28.2 Å². The third-order valence-electron chi connectivity index (χ3n) is 5.66. The second-order valence-electron chi connectivity index (χ2n) is 7.87. The highest BCUT2D eigenvalue weighted by Gasteiger charge is 2.31. The molecule has 0 amide bonds. The van der Waals surface area contributed by atoms with Gasteiger partial charge in [0, 0.05) is 21.2 Å². The fourth-order valence-corrected chi connectivity index (χ4v) is 5.90. The molecule has 0 aliphatic carbocycles. The van der Waals surface area contributed by atoms with Crippen LogP contribution in [0.4, 0.5) is 0 Å². The van der Waals surface area contributed by atoms with E-state index in [1.807, 2.05) is 41.8 Å². The van der Waals surface area contributed by atoms with Gasteiger partial charge in [-0.05, 0) is 50.2 Å². The van der Waals surface area contributed by atoms with Crippen LogP contribution in [0.5, 0.6) is 0 Å². The molecule has 0 N–H and O–H groups in total. The van der Waals surface area contributed by atoms with Crippen LogP contribution in [0, 0.1) is 13.8 Å². The van der Waals surface area contributed by atoms with Gasteiger partial charge in [-0.2, -0.15) is 0 Å². The first-order valence-electron chi connectivity index (χ1n) is 10.3. The van der Waals surface area contributed by atoms with Crippen molar-refractivity contribution < 1.29 is 8.42 Å². The molecule has 8 heteroatoms. The van der Waals surface area contributed by atoms with Crippen molar-refractivity contribution in [3.05, 3.63) is 105 Å². The number of hydrogen-bond acceptors (Lipinski definition) is 4. The summed E-state index contributed by atoms with van der Waals surface area (Å²) in [6.45, 7) is 3.82. The third-order valence-corrected chi connectivity index (χ3v) is 7.95. The molecule has 33 heavy (non-hydrogen) atoms. The minimum Gasteiger partial charge on any atom is -0.297 e. The van der Waals surface area contributed by atoms with Crippen molar-refractivity contribution in [1.82, 2.24) is 9.55 Å². The highest BCUT2D eigenvalue weighted by molar-refractivity contribution is 7.91. The number of benzene rings is 3. The monoisotopic (exact) mass is 495 g/mol. The average molecular weight is 496 g/mol. The zero-order chi connectivity index (χ0) is 23.3. The van der Waals surface area contributed by atoms with Crippen molar-refractivity contribution in [2.75, 3.05) is 0 Å². The van der Waals surface area contributed by atoms with E-state index in [9.17, 15) is 8.42 Å². The van der Waals surface area contributed by atoms with Crippen LogP contribution in [0.15, 0.2) is 81.6 Å². The topological polar surface area (TPSA) is 64.3 Å². The average Bonchev–Trinajstić information content (AvgIpc) is 3.03. The van der Waals surface area contributed by atoms with Gasteiger partial charge in [0.2, 0.25) is 9.84 Å². The van der Waals surface area contributed by atoms with Crippen LogP contribution in [0.2, 0.25) is 10.0 Å². The molecule has 4 aromatic rings. The number of hydrogen-bond donors (Lipinski definition) is 0. The molecular weight excluding hydrogens is 477 g/mol. The number of aliphatic imine (C=N–C) groups is 1. The van der Waals surface area contributed by atoms with Crippen molar-refractivity contribution in [2.24, 2.45) is 4.99 Å². The van der Waals surface area contributed by atoms with Crippen LogP contribution in [-0.2, 0) is 16.4 Å². The van der Waals surface area contributed by atoms with Gasteiger partial charge in [0.05, 0.1) is 28.5 Å². The lowest BCUT2D eigenvalue weighted by Crippen LogP contribution is -2.09. The fourth-order valence-electron chi connectivity index (χ4n) is 4.07. The molecule has 0 bridgehead atoms. The summed E-state index contributed by atoms with van der Waals surface area (Å²) < 4.78 is 28.9. The Morgan fingerprint density at radius 3 is 2.36 bits per heavy atom. The van der Waals surface area contributed by atoms with E-state index in [0.717, 1.165) is 22.4 Å². The lowest BCUT2D eigenvalue weighted by molar-refractivity contribution is 0.591. The predicted molar refractivity (Wildman–Crippen MR) is 131 cm³/mol. The normalized spacial score (nSPS) is 13.2. The molecule has 0 fully saturated rings. The summed E-state index contributed by atoms with van der Waals surface area (Å²) in [5, 5.41) is 1.10. The Labute approximate surface area is 202 Å². The second kappa shape index (κ2) is 8.13. The summed E-state index contributed by atoms with van der Waals surface area (Å²) >= 11 is 12.9. The molecule has 0 radical (unpaired) electrons. The minimum absolute atomic E-state index is 0.00825. The molecule has 5 nitrogen and oxygen atoms in total. The molecule has 0 unspecified atom stereocenters. The number of aryl methyl sites for hydroxylation is 2. The summed E-state index contributed by atoms with van der Waals surface area (Å²) in [7, 11) is -3.85. The number of rotatable bonds is 3. The smallest absolute Gasteiger partial charge is 0.225 e. The number of aromatic nitrogens is 2. The van der Waals surface area contributed by atoms with Crippen molar-refractivity contribution >= 4 is 38.8 Å². The first-order valence-corrected chi connectivity index (χ1v) is 12.5. The van der Waals surface area contributed by atoms with E-state index >= 15 is 0 Å². The highest BCUT2D eigenvalue weighted by Crippen LogP contribution is 2.34. The van der Waals surface area contributed by atoms with Gasteiger partial charge in [-0.25, -0.2) is 13.4 Å². The van der Waals surface area contributed by atoms with Crippen LogP contribution in [0.3, 0.4) is 0 Å². The Bertz CT molecular complexity index is 1540. The predicted octanol–water partition coefficient (Wildman–Crippen LogP) is 5.98. The van der Waals surface area contributed by atoms with Crippen molar-refractivity contribution in [3.63, 3.8) is 0 Å². The van der Waals surface area contributed by atoms with Crippen LogP contribution < -0.4 is 0 Å². The quantitative estimate of drug-likeness (QED) is 0.351. The van der Waals surface area contributed by atoms with Crippen LogP contribution in [-0.4, -0.2) is 23.7 Å². The van der Waals surface area contributed by atoms with E-state index in [4.69, 9.17) is 28.2 Å². The Morgan fingerprint density at radius 2 is 1.64 bits per heavy atom. The Morgan fingerprint density at radius 1 is 0.909 bits per heavy atom. The molecule has 0 atom stereocenters. The van der Waals surface area contributed by atoms with Gasteiger partial charge in [0.1, 0.15) is 5.82 Å². The van der Waals surface area contributed by atoms with E-state index in [-0.39, 0.29) is 16.5 Å². The first-order chi connectivity index (χ1) is 15.8. The van der Waals surface area contributed by atoms with Crippen molar-refractivity contribution in [2.45, 2.75) is 30.3 Å². The summed E-state index contributed by atoms with van der Waals surface area (Å²) in [5.74, 6) is 0.551. The summed E-state index contributed by atoms with van der Waals surface area (Å²) in [4.78, 5) is 9.51. The number of halogens is 2. The maximum Gasteiger partial charge on any atom is 0.225 e. The molecule has 1 aliphatic heterocycles. The van der Waals surface area contributed by atoms with Gasteiger partial charge in [-0.1, -0.05) is 59.1 Å². The Kier molecular flexibility index (Phi) is 5.40. The largest absolute Gasteiger partial charge is 0.297 e. The molecule has 5 rings (SSSR count). The van der Waals surface area contributed by atoms with Gasteiger partial charge in [-0.15, -0.1) is 0 Å². The number of sulfone groups is 1. The lowest BCUT2D eigenvalue weighted by Gasteiger charge is -2.14. The molecule has 1 aromatic heterocycles. The standard InChI is InChI=1S/C25H19Cl2N3O2S/c1-15-7-10-18(11-8-15)33(31,32)25-23-14-28-24(19-5-3-4-6-21(19)27)20-13-17(26)9-12-22(20)30(23)16(2)29-25/h3-13H,14H2,1-2H3. The minimum atomic E-state index is -3.85. The van der Waals surface area contributed by atoms with Gasteiger partial charge >= 0.3 is 0 Å². The molecule has 2 heterocycles. The Hall–Kier alpha value is -2.93. The van der Waals surface area contributed by atoms with E-state index in [1.54, 1.807) is 43.3 Å². The molecule has 0 spiro atoms. The van der Waals surface area contributed by atoms with Crippen LogP contribution >= 0.6 is 23.2 Å². The lowest BCUT2D eigenvalue weighted by atomic mass is 10.0. The maximum absolute atomic E-state index is 13.5. The molecule has 3 aromatic carbocycles. The number of imidazole rings is 1. The second-order valence-corrected chi connectivity index (χ2v) is 10.6. The fraction of sp³-hybridized carbons (Fsp3) is 0.120. The first kappa shape index (κ1) is 21.9. The summed E-state index contributed by atoms with van der Waals surface area (Å²) in [5.41, 5.74) is 4.39. The van der Waals surface area contributed by atoms with Crippen LogP contribution in [0.25, 0.3) is 5.69 Å². The van der Waals surface area contributed by atoms with Crippen molar-refractivity contribution in [1.29, 1.82) is 0 Å². The summed E-state index contributed by atoms with van der Waals surface area (Å²) in [6, 6.07) is 19.6. The molecule has 0 saturated heterocycles. The molecule has 0 saturated carbocycles. The molecule has 166 valence electrons. The van der Waals surface area contributed by atoms with Gasteiger partial charge in [0.25, 0.3) is 0 Å². The number of fused-ring (bicyclic) bond motifs is 3. The maximum atomic E-state index is 13.5. The zero-order valence-corrected chi connectivity index (χ0v) is 20.2. The van der Waals surface area contributed by atoms with Gasteiger partial charge < -0.3 is 0 Å². The third kappa shape index (κ3) is 3.68. The highest BCUT2D eigenvalue weighted by atomic mass is 35.5. The molecule has 1 aliphatic rings. The number of nitrogens with zero attached hydrogens (tertiary/aromatic N) is 3. The van der Waals surface area contributed by atoms with Gasteiger partial charge in [-0.3, -0.25) is 9.56 Å². The van der Waals surface area contributed by atoms with Crippen molar-refractivity contribution in [3.8, 4) is 5.69 Å². The van der Waals surface area contributed by atoms with E-state index in [2.05, 4.69) is 4.98 Å². The van der Waals surface area contributed by atoms with Gasteiger partial charge in [0.15, 0.2) is 5.03 Å². The molecular formula is C25H19Cl2N3O2S. The van der Waals surface area contributed by atoms with E-state index in [1.165, 1.54) is 0 Å². The van der Waals surface area contributed by atoms with E-state index in [0.29, 0.717) is 27.3 Å². The zero-order valence-electron chi connectivity index (χ0n) is 17.9. The summed E-state index contributed by atoms with van der Waals surface area (Å²) in [6.07, 6.45) is 0.